The lowest BCUT2D eigenvalue weighted by molar-refractivity contribution is 0.143. The molecule has 0 spiro atoms. The zero-order chi connectivity index (χ0) is 20.1. The first-order valence-electron chi connectivity index (χ1n) is 9.41. The fourth-order valence-electron chi connectivity index (χ4n) is 3.50. The van der Waals surface area contributed by atoms with Crippen molar-refractivity contribution in [2.24, 2.45) is 0 Å². The maximum atomic E-state index is 13.1. The lowest BCUT2D eigenvalue weighted by Crippen LogP contribution is -2.26. The number of carbonyl (C=O) groups is 1. The van der Waals surface area contributed by atoms with Gasteiger partial charge in [0.1, 0.15) is 18.1 Å². The number of ether oxygens (including phenoxy) is 1. The average molecular weight is 386 g/mol. The number of rotatable bonds is 4. The summed E-state index contributed by atoms with van der Waals surface area (Å²) >= 11 is 0. The molecule has 0 unspecified atom stereocenters. The molecule has 0 aliphatic heterocycles. The summed E-state index contributed by atoms with van der Waals surface area (Å²) in [6.45, 7) is 0.623. The molecule has 1 amide bonds. The lowest BCUT2D eigenvalue weighted by atomic mass is 9.98. The van der Waals surface area contributed by atoms with E-state index in [0.717, 1.165) is 0 Å². The van der Waals surface area contributed by atoms with Crippen molar-refractivity contribution in [3.05, 3.63) is 89.5 Å². The van der Waals surface area contributed by atoms with Crippen LogP contribution in [0.15, 0.2) is 66.9 Å². The Morgan fingerprint density at radius 1 is 1.07 bits per heavy atom. The third-order valence-electron chi connectivity index (χ3n) is 4.80. The molecule has 0 bridgehead atoms. The van der Waals surface area contributed by atoms with Gasteiger partial charge in [0, 0.05) is 31.1 Å². The molecule has 0 atom stereocenters. The molecular weight excluding hydrogens is 367 g/mol. The quantitative estimate of drug-likeness (QED) is 0.531. The van der Waals surface area contributed by atoms with Gasteiger partial charge in [-0.15, -0.1) is 0 Å². The molecule has 1 N–H and O–H groups in total. The number of pyridine rings is 1. The summed E-state index contributed by atoms with van der Waals surface area (Å²) < 4.78 is 18.5. The predicted molar refractivity (Wildman–Crippen MR) is 109 cm³/mol. The summed E-state index contributed by atoms with van der Waals surface area (Å²) in [5.41, 5.74) is 5.10. The van der Waals surface area contributed by atoms with Crippen molar-refractivity contribution >= 4 is 6.09 Å². The Bertz CT molecular complexity index is 1060. The largest absolute Gasteiger partial charge is 0.449 e. The molecule has 3 aromatic rings. The van der Waals surface area contributed by atoms with Crippen LogP contribution in [0.2, 0.25) is 0 Å². The number of fused-ring (bicyclic) bond motifs is 3. The summed E-state index contributed by atoms with van der Waals surface area (Å²) in [6.07, 6.45) is 1.31. The van der Waals surface area contributed by atoms with Crippen LogP contribution in [0, 0.1) is 17.7 Å². The third kappa shape index (κ3) is 4.27. The smallest absolute Gasteiger partial charge is 0.407 e. The number of halogens is 1. The Kier molecular flexibility index (Phi) is 5.53. The highest BCUT2D eigenvalue weighted by atomic mass is 19.1. The predicted octanol–water partition coefficient (Wildman–Crippen LogP) is 4.50. The van der Waals surface area contributed by atoms with Gasteiger partial charge in [0.25, 0.3) is 0 Å². The summed E-state index contributed by atoms with van der Waals surface area (Å²) in [5, 5.41) is 2.69. The van der Waals surface area contributed by atoms with E-state index < -0.39 is 6.09 Å². The molecule has 0 saturated carbocycles. The first kappa shape index (κ1) is 18.7. The number of nitrogens with one attached hydrogen (secondary N) is 1. The van der Waals surface area contributed by atoms with E-state index in [1.54, 1.807) is 0 Å². The number of alkyl carbamates (subject to hydrolysis) is 1. The Morgan fingerprint density at radius 2 is 1.76 bits per heavy atom. The molecule has 2 aromatic carbocycles. The van der Waals surface area contributed by atoms with Crippen molar-refractivity contribution in [1.29, 1.82) is 0 Å². The standard InChI is InChI=1S/C24H19FN2O2/c25-17-12-14-26-18(15-17)7-5-6-13-27-24(28)29-16-23-21-10-3-1-8-19(21)20-9-2-4-11-22(20)23/h1-4,8-12,14-15,23H,6,13,16H2,(H,27,28). The van der Waals surface area contributed by atoms with E-state index in [2.05, 4.69) is 46.4 Å². The number of aromatic nitrogens is 1. The Hall–Kier alpha value is -3.65. The van der Waals surface area contributed by atoms with Crippen molar-refractivity contribution in [3.8, 4) is 23.0 Å². The highest BCUT2D eigenvalue weighted by molar-refractivity contribution is 5.79. The average Bonchev–Trinajstić information content (AvgIpc) is 3.06. The minimum absolute atomic E-state index is 0.0343. The van der Waals surface area contributed by atoms with E-state index in [0.29, 0.717) is 18.7 Å². The van der Waals surface area contributed by atoms with Crippen LogP contribution in [0.1, 0.15) is 29.2 Å². The fraction of sp³-hybridized carbons (Fsp3) is 0.167. The van der Waals surface area contributed by atoms with Crippen LogP contribution in [0.4, 0.5) is 9.18 Å². The van der Waals surface area contributed by atoms with Crippen molar-refractivity contribution in [3.63, 3.8) is 0 Å². The van der Waals surface area contributed by atoms with Crippen molar-refractivity contribution < 1.29 is 13.9 Å². The number of hydrogen-bond acceptors (Lipinski definition) is 3. The molecular formula is C24H19FN2O2. The van der Waals surface area contributed by atoms with Gasteiger partial charge in [-0.05, 0) is 34.2 Å². The van der Waals surface area contributed by atoms with Crippen molar-refractivity contribution in [1.82, 2.24) is 10.3 Å². The Balaban J connectivity index is 1.29. The van der Waals surface area contributed by atoms with Gasteiger partial charge in [-0.3, -0.25) is 0 Å². The lowest BCUT2D eigenvalue weighted by Gasteiger charge is -2.14. The summed E-state index contributed by atoms with van der Waals surface area (Å²) in [7, 11) is 0. The number of nitrogens with zero attached hydrogens (tertiary/aromatic N) is 1. The summed E-state index contributed by atoms with van der Waals surface area (Å²) in [4.78, 5) is 16.0. The first-order valence-corrected chi connectivity index (χ1v) is 9.41. The van der Waals surface area contributed by atoms with Gasteiger partial charge < -0.3 is 10.1 Å². The molecule has 5 heteroatoms. The SMILES string of the molecule is O=C(NCCC#Cc1cc(F)ccn1)OCC1c2ccccc2-c2ccccc21. The van der Waals surface area contributed by atoms with Gasteiger partial charge in [0.15, 0.2) is 0 Å². The fourth-order valence-corrected chi connectivity index (χ4v) is 3.50. The molecule has 0 fully saturated rings. The van der Waals surface area contributed by atoms with Crippen LogP contribution in [0.25, 0.3) is 11.1 Å². The van der Waals surface area contributed by atoms with Crippen molar-refractivity contribution in [2.45, 2.75) is 12.3 Å². The maximum Gasteiger partial charge on any atom is 0.407 e. The number of benzene rings is 2. The van der Waals surface area contributed by atoms with E-state index in [-0.39, 0.29) is 18.3 Å². The molecule has 0 saturated heterocycles. The highest BCUT2D eigenvalue weighted by Gasteiger charge is 2.28. The Labute approximate surface area is 168 Å². The second kappa shape index (κ2) is 8.57. The molecule has 1 aromatic heterocycles. The van der Waals surface area contributed by atoms with E-state index in [1.165, 1.54) is 40.6 Å². The molecule has 4 nitrogen and oxygen atoms in total. The van der Waals surface area contributed by atoms with Crippen molar-refractivity contribution in [2.75, 3.05) is 13.2 Å². The van der Waals surface area contributed by atoms with E-state index in [9.17, 15) is 9.18 Å². The van der Waals surface area contributed by atoms with Crippen LogP contribution in [-0.2, 0) is 4.74 Å². The number of hydrogen-bond donors (Lipinski definition) is 1. The minimum Gasteiger partial charge on any atom is -0.449 e. The minimum atomic E-state index is -0.474. The van der Waals surface area contributed by atoms with Gasteiger partial charge in [0.2, 0.25) is 0 Å². The second-order valence-electron chi connectivity index (χ2n) is 6.66. The first-order chi connectivity index (χ1) is 14.2. The molecule has 4 rings (SSSR count). The Morgan fingerprint density at radius 3 is 2.45 bits per heavy atom. The second-order valence-corrected chi connectivity index (χ2v) is 6.66. The maximum absolute atomic E-state index is 13.1. The summed E-state index contributed by atoms with van der Waals surface area (Å²) in [6, 6.07) is 18.9. The molecule has 0 radical (unpaired) electrons. The number of carbonyl (C=O) groups excluding carboxylic acids is 1. The van der Waals surface area contributed by atoms with Crippen LogP contribution >= 0.6 is 0 Å². The van der Waals surface area contributed by atoms with Crippen LogP contribution in [0.3, 0.4) is 0 Å². The van der Waals surface area contributed by atoms with Crippen LogP contribution < -0.4 is 5.32 Å². The van der Waals surface area contributed by atoms with Gasteiger partial charge in [0.05, 0.1) is 0 Å². The molecule has 144 valence electrons. The normalized spacial score (nSPS) is 11.8. The number of amides is 1. The van der Waals surface area contributed by atoms with Gasteiger partial charge in [-0.1, -0.05) is 54.5 Å². The monoisotopic (exact) mass is 386 g/mol. The zero-order valence-corrected chi connectivity index (χ0v) is 15.7. The third-order valence-corrected chi connectivity index (χ3v) is 4.80. The molecule has 1 aliphatic rings. The van der Waals surface area contributed by atoms with E-state index >= 15 is 0 Å². The van der Waals surface area contributed by atoms with Gasteiger partial charge >= 0.3 is 6.09 Å². The topological polar surface area (TPSA) is 51.2 Å². The summed E-state index contributed by atoms with van der Waals surface area (Å²) in [5.74, 6) is 5.28. The van der Waals surface area contributed by atoms with Gasteiger partial charge in [-0.2, -0.15) is 0 Å². The molecule has 29 heavy (non-hydrogen) atoms. The van der Waals surface area contributed by atoms with Gasteiger partial charge in [-0.25, -0.2) is 14.2 Å². The highest BCUT2D eigenvalue weighted by Crippen LogP contribution is 2.44. The van der Waals surface area contributed by atoms with Crippen LogP contribution in [0.5, 0.6) is 0 Å². The molecule has 1 aliphatic carbocycles. The van der Waals surface area contributed by atoms with E-state index in [4.69, 9.17) is 4.74 Å². The van der Waals surface area contributed by atoms with Crippen LogP contribution in [-0.4, -0.2) is 24.2 Å². The zero-order valence-electron chi connectivity index (χ0n) is 15.7. The van der Waals surface area contributed by atoms with E-state index in [1.807, 2.05) is 24.3 Å². The molecule has 1 heterocycles.